The monoisotopic (exact) mass is 430 g/mol. The Kier molecular flexibility index (Phi) is 8.67. The molecule has 1 aromatic heterocycles. The molecule has 0 unspecified atom stereocenters. The van der Waals surface area contributed by atoms with Crippen molar-refractivity contribution in [3.63, 3.8) is 0 Å². The Balaban J connectivity index is 0.00000132. The molecule has 0 aliphatic carbocycles. The topological polar surface area (TPSA) is 68.0 Å². The Morgan fingerprint density at radius 2 is 1.81 bits per heavy atom. The van der Waals surface area contributed by atoms with E-state index in [1.807, 2.05) is 31.2 Å². The molecular formula is C24H31FN2O4. The van der Waals surface area contributed by atoms with Crippen molar-refractivity contribution in [2.45, 2.75) is 32.1 Å². The number of aliphatic hydroxyl groups excluding tert-OH is 1. The van der Waals surface area contributed by atoms with Crippen molar-refractivity contribution in [3.8, 4) is 11.5 Å². The molecule has 2 heterocycles. The van der Waals surface area contributed by atoms with Gasteiger partial charge in [0.05, 0.1) is 13.2 Å². The van der Waals surface area contributed by atoms with Crippen LogP contribution in [-0.4, -0.2) is 55.1 Å². The molecule has 7 heteroatoms. The lowest BCUT2D eigenvalue weighted by atomic mass is 9.92. The molecule has 1 aliphatic rings. The highest BCUT2D eigenvalue weighted by atomic mass is 19.1. The van der Waals surface area contributed by atoms with Gasteiger partial charge in [0, 0.05) is 31.0 Å². The highest BCUT2D eigenvalue weighted by molar-refractivity contribution is 5.80. The molecule has 6 nitrogen and oxygen atoms in total. The maximum absolute atomic E-state index is 13.4. The average molecular weight is 431 g/mol. The molecule has 0 spiro atoms. The van der Waals surface area contributed by atoms with Crippen LogP contribution in [0.25, 0.3) is 10.9 Å². The average Bonchev–Trinajstić information content (AvgIpc) is 3.23. The van der Waals surface area contributed by atoms with Gasteiger partial charge in [-0.05, 0) is 63.5 Å². The van der Waals surface area contributed by atoms with Crippen molar-refractivity contribution in [1.82, 2.24) is 10.1 Å². The fourth-order valence-corrected chi connectivity index (χ4v) is 3.96. The zero-order valence-corrected chi connectivity index (χ0v) is 18.2. The number of hydrogen-bond acceptors (Lipinski definition) is 6. The van der Waals surface area contributed by atoms with Crippen LogP contribution >= 0.6 is 0 Å². The van der Waals surface area contributed by atoms with E-state index in [4.69, 9.17) is 19.1 Å². The van der Waals surface area contributed by atoms with Gasteiger partial charge in [0.2, 0.25) is 0 Å². The molecular weight excluding hydrogens is 399 g/mol. The van der Waals surface area contributed by atoms with Crippen molar-refractivity contribution in [2.24, 2.45) is 0 Å². The second-order valence-corrected chi connectivity index (χ2v) is 7.41. The van der Waals surface area contributed by atoms with E-state index in [0.29, 0.717) is 24.6 Å². The van der Waals surface area contributed by atoms with Crippen LogP contribution < -0.4 is 9.47 Å². The minimum Gasteiger partial charge on any atom is -0.490 e. The first-order valence-electron chi connectivity index (χ1n) is 10.8. The van der Waals surface area contributed by atoms with E-state index in [2.05, 4.69) is 10.1 Å². The van der Waals surface area contributed by atoms with Gasteiger partial charge in [-0.1, -0.05) is 17.3 Å². The number of rotatable bonds is 8. The van der Waals surface area contributed by atoms with Crippen molar-refractivity contribution in [3.05, 3.63) is 54.0 Å². The SMILES string of the molecule is CCOc1ccccc1OCCCN1CCC(c2onc3cc(F)ccc23)CC1.CO. The van der Waals surface area contributed by atoms with Crippen LogP contribution in [0.3, 0.4) is 0 Å². The first-order valence-corrected chi connectivity index (χ1v) is 10.8. The predicted octanol–water partition coefficient (Wildman–Crippen LogP) is 4.62. The number of benzene rings is 2. The van der Waals surface area contributed by atoms with Gasteiger partial charge in [-0.25, -0.2) is 4.39 Å². The van der Waals surface area contributed by atoms with Crippen LogP contribution in [0.15, 0.2) is 47.0 Å². The molecule has 1 N–H and O–H groups in total. The minimum absolute atomic E-state index is 0.279. The van der Waals surface area contributed by atoms with E-state index >= 15 is 0 Å². The molecule has 1 aliphatic heterocycles. The highest BCUT2D eigenvalue weighted by Gasteiger charge is 2.25. The second-order valence-electron chi connectivity index (χ2n) is 7.41. The first kappa shape index (κ1) is 23.0. The maximum Gasteiger partial charge on any atom is 0.161 e. The van der Waals surface area contributed by atoms with Crippen LogP contribution in [-0.2, 0) is 0 Å². The van der Waals surface area contributed by atoms with Crippen LogP contribution in [0, 0.1) is 5.82 Å². The van der Waals surface area contributed by atoms with Gasteiger partial charge in [0.15, 0.2) is 11.5 Å². The standard InChI is InChI=1S/C23H27FN2O3.CH4O/c1-2-27-21-6-3-4-7-22(21)28-15-5-12-26-13-10-17(11-14-26)23-19-9-8-18(24)16-20(19)25-29-23;1-2/h3-4,6-9,16-17H,2,5,10-15H2,1H3;2H,1H3. The summed E-state index contributed by atoms with van der Waals surface area (Å²) in [7, 11) is 1.00. The third kappa shape index (κ3) is 5.95. The quantitative estimate of drug-likeness (QED) is 0.526. The molecule has 31 heavy (non-hydrogen) atoms. The Morgan fingerprint density at radius 1 is 1.10 bits per heavy atom. The van der Waals surface area contributed by atoms with Crippen molar-refractivity contribution in [1.29, 1.82) is 0 Å². The molecule has 0 saturated carbocycles. The molecule has 0 atom stereocenters. The molecule has 2 aromatic carbocycles. The van der Waals surface area contributed by atoms with Gasteiger partial charge in [-0.3, -0.25) is 0 Å². The maximum atomic E-state index is 13.4. The molecule has 1 fully saturated rings. The van der Waals surface area contributed by atoms with E-state index in [1.165, 1.54) is 12.1 Å². The summed E-state index contributed by atoms with van der Waals surface area (Å²) >= 11 is 0. The molecule has 0 radical (unpaired) electrons. The summed E-state index contributed by atoms with van der Waals surface area (Å²) < 4.78 is 30.4. The largest absolute Gasteiger partial charge is 0.490 e. The van der Waals surface area contributed by atoms with E-state index < -0.39 is 0 Å². The van der Waals surface area contributed by atoms with Crippen LogP contribution in [0.1, 0.15) is 37.9 Å². The predicted molar refractivity (Wildman–Crippen MR) is 118 cm³/mol. The van der Waals surface area contributed by atoms with E-state index in [-0.39, 0.29) is 5.82 Å². The number of aliphatic hydroxyl groups is 1. The molecule has 168 valence electrons. The number of ether oxygens (including phenoxy) is 2. The molecule has 4 rings (SSSR count). The van der Waals surface area contributed by atoms with E-state index in [1.54, 1.807) is 6.07 Å². The fraction of sp³-hybridized carbons (Fsp3) is 0.458. The molecule has 3 aromatic rings. The summed E-state index contributed by atoms with van der Waals surface area (Å²) in [6.45, 7) is 6.31. The van der Waals surface area contributed by atoms with Crippen molar-refractivity contribution in [2.75, 3.05) is 40.0 Å². The number of nitrogens with zero attached hydrogens (tertiary/aromatic N) is 2. The minimum atomic E-state index is -0.279. The zero-order chi connectivity index (χ0) is 22.1. The summed E-state index contributed by atoms with van der Waals surface area (Å²) in [5.41, 5.74) is 0.604. The normalized spacial score (nSPS) is 14.8. The summed E-state index contributed by atoms with van der Waals surface area (Å²) in [5.74, 6) is 2.57. The third-order valence-electron chi connectivity index (χ3n) is 5.45. The van der Waals surface area contributed by atoms with Gasteiger partial charge in [0.1, 0.15) is 17.1 Å². The van der Waals surface area contributed by atoms with Gasteiger partial charge in [-0.15, -0.1) is 0 Å². The summed E-state index contributed by atoms with van der Waals surface area (Å²) in [5, 5.41) is 12.0. The first-order chi connectivity index (χ1) is 15.2. The van der Waals surface area contributed by atoms with Gasteiger partial charge in [0.25, 0.3) is 0 Å². The zero-order valence-electron chi connectivity index (χ0n) is 18.2. The highest BCUT2D eigenvalue weighted by Crippen LogP contribution is 2.33. The lowest BCUT2D eigenvalue weighted by molar-refractivity contribution is 0.181. The summed E-state index contributed by atoms with van der Waals surface area (Å²) in [6.07, 6.45) is 3.01. The lowest BCUT2D eigenvalue weighted by Gasteiger charge is -2.30. The number of aromatic nitrogens is 1. The number of likely N-dealkylation sites (tertiary alicyclic amines) is 1. The Hall–Kier alpha value is -2.64. The Labute approximate surface area is 182 Å². The summed E-state index contributed by atoms with van der Waals surface area (Å²) in [6, 6.07) is 12.5. The van der Waals surface area contributed by atoms with Crippen molar-refractivity contribution >= 4 is 10.9 Å². The number of fused-ring (bicyclic) bond motifs is 1. The Bertz CT molecular complexity index is 938. The third-order valence-corrected chi connectivity index (χ3v) is 5.45. The number of hydrogen-bond donors (Lipinski definition) is 1. The molecule has 1 saturated heterocycles. The lowest BCUT2D eigenvalue weighted by Crippen LogP contribution is -2.34. The summed E-state index contributed by atoms with van der Waals surface area (Å²) in [4.78, 5) is 2.46. The number of piperidine rings is 1. The van der Waals surface area contributed by atoms with Crippen molar-refractivity contribution < 1.29 is 23.5 Å². The number of para-hydroxylation sites is 2. The fourth-order valence-electron chi connectivity index (χ4n) is 3.96. The molecule has 0 bridgehead atoms. The van der Waals surface area contributed by atoms with Crippen LogP contribution in [0.4, 0.5) is 4.39 Å². The van der Waals surface area contributed by atoms with Gasteiger partial charge in [-0.2, -0.15) is 0 Å². The Morgan fingerprint density at radius 3 is 2.52 bits per heavy atom. The smallest absolute Gasteiger partial charge is 0.161 e. The van der Waals surface area contributed by atoms with E-state index in [9.17, 15) is 4.39 Å². The van der Waals surface area contributed by atoms with E-state index in [0.717, 1.165) is 68.7 Å². The number of halogens is 1. The van der Waals surface area contributed by atoms with Gasteiger partial charge < -0.3 is 24.0 Å². The second kappa shape index (κ2) is 11.7. The van der Waals surface area contributed by atoms with Gasteiger partial charge >= 0.3 is 0 Å². The van der Waals surface area contributed by atoms with Crippen LogP contribution in [0.5, 0.6) is 11.5 Å². The van der Waals surface area contributed by atoms with Crippen LogP contribution in [0.2, 0.25) is 0 Å². The molecule has 0 amide bonds.